The molecule has 0 saturated carbocycles. The lowest BCUT2D eigenvalue weighted by atomic mass is 9.96. The number of anilines is 1. The Balaban J connectivity index is 1.70. The minimum Gasteiger partial charge on any atom is -0.481 e. The summed E-state index contributed by atoms with van der Waals surface area (Å²) in [6.07, 6.45) is 8.42. The van der Waals surface area contributed by atoms with Crippen molar-refractivity contribution in [3.05, 3.63) is 17.6 Å². The van der Waals surface area contributed by atoms with Gasteiger partial charge in [0.25, 0.3) is 0 Å². The molecule has 20 heavy (non-hydrogen) atoms. The van der Waals surface area contributed by atoms with Gasteiger partial charge >= 0.3 is 5.97 Å². The molecule has 3 rings (SSSR count). The van der Waals surface area contributed by atoms with Crippen molar-refractivity contribution in [2.45, 2.75) is 44.9 Å². The maximum Gasteiger partial charge on any atom is 0.303 e. The highest BCUT2D eigenvalue weighted by Crippen LogP contribution is 2.31. The van der Waals surface area contributed by atoms with E-state index in [9.17, 15) is 4.79 Å². The van der Waals surface area contributed by atoms with Crippen molar-refractivity contribution in [1.29, 1.82) is 0 Å². The SMILES string of the molecule is O=C(O)CCC1CCN(c2ncnc3c2CCCC3)C1. The monoisotopic (exact) mass is 275 g/mol. The number of carboxylic acid groups (broad SMARTS) is 1. The lowest BCUT2D eigenvalue weighted by Gasteiger charge is -2.24. The predicted molar refractivity (Wildman–Crippen MR) is 75.9 cm³/mol. The molecule has 1 aliphatic carbocycles. The van der Waals surface area contributed by atoms with Gasteiger partial charge in [0.1, 0.15) is 12.1 Å². The molecular formula is C15H21N3O2. The predicted octanol–water partition coefficient (Wildman–Crippen LogP) is 2.05. The lowest BCUT2D eigenvalue weighted by Crippen LogP contribution is -2.24. The number of rotatable bonds is 4. The van der Waals surface area contributed by atoms with Crippen molar-refractivity contribution in [2.75, 3.05) is 18.0 Å². The van der Waals surface area contributed by atoms with Crippen molar-refractivity contribution in [3.8, 4) is 0 Å². The van der Waals surface area contributed by atoms with E-state index in [1.54, 1.807) is 6.33 Å². The Bertz CT molecular complexity index is 504. The molecule has 0 aromatic carbocycles. The third kappa shape index (κ3) is 2.76. The molecule has 1 unspecified atom stereocenters. The van der Waals surface area contributed by atoms with Crippen LogP contribution in [-0.2, 0) is 17.6 Å². The van der Waals surface area contributed by atoms with E-state index in [0.29, 0.717) is 5.92 Å². The number of hydrogen-bond donors (Lipinski definition) is 1. The summed E-state index contributed by atoms with van der Waals surface area (Å²) < 4.78 is 0. The van der Waals surface area contributed by atoms with Crippen LogP contribution in [0.25, 0.3) is 0 Å². The van der Waals surface area contributed by atoms with Gasteiger partial charge in [-0.05, 0) is 44.4 Å². The quantitative estimate of drug-likeness (QED) is 0.911. The van der Waals surface area contributed by atoms with Crippen molar-refractivity contribution in [3.63, 3.8) is 0 Å². The van der Waals surface area contributed by atoms with E-state index in [2.05, 4.69) is 14.9 Å². The summed E-state index contributed by atoms with van der Waals surface area (Å²) in [6, 6.07) is 0. The molecule has 0 spiro atoms. The Labute approximate surface area is 119 Å². The first-order chi connectivity index (χ1) is 9.74. The van der Waals surface area contributed by atoms with E-state index in [4.69, 9.17) is 5.11 Å². The summed E-state index contributed by atoms with van der Waals surface area (Å²) >= 11 is 0. The maximum atomic E-state index is 10.7. The van der Waals surface area contributed by atoms with Gasteiger partial charge in [0, 0.05) is 30.8 Å². The van der Waals surface area contributed by atoms with E-state index in [1.165, 1.54) is 24.1 Å². The number of fused-ring (bicyclic) bond motifs is 1. The zero-order valence-corrected chi connectivity index (χ0v) is 11.7. The highest BCUT2D eigenvalue weighted by Gasteiger charge is 2.27. The van der Waals surface area contributed by atoms with Gasteiger partial charge in [-0.2, -0.15) is 0 Å². The molecule has 1 aliphatic heterocycles. The van der Waals surface area contributed by atoms with Gasteiger partial charge in [-0.3, -0.25) is 4.79 Å². The second kappa shape index (κ2) is 5.77. The van der Waals surface area contributed by atoms with Crippen LogP contribution < -0.4 is 4.90 Å². The Morgan fingerprint density at radius 2 is 2.20 bits per heavy atom. The summed E-state index contributed by atoms with van der Waals surface area (Å²) in [6.45, 7) is 1.93. The molecule has 5 nitrogen and oxygen atoms in total. The molecule has 1 saturated heterocycles. The zero-order chi connectivity index (χ0) is 13.9. The molecular weight excluding hydrogens is 254 g/mol. The standard InChI is InChI=1S/C15H21N3O2/c19-14(20)6-5-11-7-8-18(9-11)15-12-3-1-2-4-13(12)16-10-17-15/h10-11H,1-9H2,(H,19,20). The molecule has 1 aromatic heterocycles. The first-order valence-corrected chi connectivity index (χ1v) is 7.53. The van der Waals surface area contributed by atoms with E-state index >= 15 is 0 Å². The second-order valence-electron chi connectivity index (χ2n) is 5.86. The fourth-order valence-corrected chi connectivity index (χ4v) is 3.36. The van der Waals surface area contributed by atoms with Crippen molar-refractivity contribution >= 4 is 11.8 Å². The highest BCUT2D eigenvalue weighted by atomic mass is 16.4. The van der Waals surface area contributed by atoms with Gasteiger partial charge < -0.3 is 10.0 Å². The van der Waals surface area contributed by atoms with Crippen molar-refractivity contribution < 1.29 is 9.90 Å². The van der Waals surface area contributed by atoms with Crippen LogP contribution in [0, 0.1) is 5.92 Å². The summed E-state index contributed by atoms with van der Waals surface area (Å²) in [5.74, 6) is 0.899. The van der Waals surface area contributed by atoms with E-state index in [1.807, 2.05) is 0 Å². The van der Waals surface area contributed by atoms with E-state index in [0.717, 1.165) is 44.6 Å². The molecule has 0 bridgehead atoms. The molecule has 1 aromatic rings. The van der Waals surface area contributed by atoms with Crippen LogP contribution in [0.3, 0.4) is 0 Å². The molecule has 2 aliphatic rings. The van der Waals surface area contributed by atoms with E-state index < -0.39 is 5.97 Å². The maximum absolute atomic E-state index is 10.7. The minimum atomic E-state index is -0.692. The van der Waals surface area contributed by atoms with Crippen LogP contribution in [0.15, 0.2) is 6.33 Å². The van der Waals surface area contributed by atoms with Gasteiger partial charge in [0.05, 0.1) is 0 Å². The fraction of sp³-hybridized carbons (Fsp3) is 0.667. The van der Waals surface area contributed by atoms with Crippen LogP contribution >= 0.6 is 0 Å². The van der Waals surface area contributed by atoms with Crippen LogP contribution in [0.1, 0.15) is 43.4 Å². The molecule has 2 heterocycles. The second-order valence-corrected chi connectivity index (χ2v) is 5.86. The lowest BCUT2D eigenvalue weighted by molar-refractivity contribution is -0.137. The third-order valence-electron chi connectivity index (χ3n) is 4.45. The summed E-state index contributed by atoms with van der Waals surface area (Å²) in [5, 5.41) is 8.78. The third-order valence-corrected chi connectivity index (χ3v) is 4.45. The summed E-state index contributed by atoms with van der Waals surface area (Å²) in [5.41, 5.74) is 2.55. The number of nitrogens with zero attached hydrogens (tertiary/aromatic N) is 3. The van der Waals surface area contributed by atoms with Crippen LogP contribution in [0.2, 0.25) is 0 Å². The van der Waals surface area contributed by atoms with Crippen LogP contribution in [0.5, 0.6) is 0 Å². The Hall–Kier alpha value is -1.65. The topological polar surface area (TPSA) is 66.3 Å². The number of carbonyl (C=O) groups is 1. The first-order valence-electron chi connectivity index (χ1n) is 7.53. The normalized spacial score (nSPS) is 21.8. The largest absolute Gasteiger partial charge is 0.481 e. The fourth-order valence-electron chi connectivity index (χ4n) is 3.36. The van der Waals surface area contributed by atoms with Gasteiger partial charge in [-0.15, -0.1) is 0 Å². The molecule has 1 atom stereocenters. The molecule has 1 N–H and O–H groups in total. The van der Waals surface area contributed by atoms with Crippen molar-refractivity contribution in [2.24, 2.45) is 5.92 Å². The minimum absolute atomic E-state index is 0.278. The molecule has 0 amide bonds. The Morgan fingerprint density at radius 3 is 3.05 bits per heavy atom. The highest BCUT2D eigenvalue weighted by molar-refractivity contribution is 5.66. The zero-order valence-electron chi connectivity index (χ0n) is 11.7. The smallest absolute Gasteiger partial charge is 0.303 e. The molecule has 0 radical (unpaired) electrons. The number of aryl methyl sites for hydroxylation is 1. The van der Waals surface area contributed by atoms with Crippen LogP contribution in [-0.4, -0.2) is 34.1 Å². The number of aromatic nitrogens is 2. The number of hydrogen-bond acceptors (Lipinski definition) is 4. The molecule has 108 valence electrons. The first kappa shape index (κ1) is 13.3. The van der Waals surface area contributed by atoms with Gasteiger partial charge in [-0.1, -0.05) is 0 Å². The average molecular weight is 275 g/mol. The van der Waals surface area contributed by atoms with Crippen LogP contribution in [0.4, 0.5) is 5.82 Å². The summed E-state index contributed by atoms with van der Waals surface area (Å²) in [4.78, 5) is 21.9. The van der Waals surface area contributed by atoms with Gasteiger partial charge in [0.15, 0.2) is 0 Å². The Kier molecular flexibility index (Phi) is 3.85. The Morgan fingerprint density at radius 1 is 1.35 bits per heavy atom. The van der Waals surface area contributed by atoms with Gasteiger partial charge in [0.2, 0.25) is 0 Å². The average Bonchev–Trinajstić information content (AvgIpc) is 2.93. The van der Waals surface area contributed by atoms with Gasteiger partial charge in [-0.25, -0.2) is 9.97 Å². The number of carboxylic acids is 1. The number of aliphatic carboxylic acids is 1. The van der Waals surface area contributed by atoms with Crippen molar-refractivity contribution in [1.82, 2.24) is 9.97 Å². The molecule has 1 fully saturated rings. The summed E-state index contributed by atoms with van der Waals surface area (Å²) in [7, 11) is 0. The van der Waals surface area contributed by atoms with E-state index in [-0.39, 0.29) is 6.42 Å². The molecule has 5 heteroatoms.